The molecule has 0 N–H and O–H groups in total. The van der Waals surface area contributed by atoms with Gasteiger partial charge in [-0.3, -0.25) is 9.48 Å². The first kappa shape index (κ1) is 15.8. The average molecular weight is 334 g/mol. The van der Waals surface area contributed by atoms with Crippen molar-refractivity contribution in [2.75, 3.05) is 0 Å². The number of aryl methyl sites for hydroxylation is 1. The molecule has 5 heteroatoms. The molecule has 0 radical (unpaired) electrons. The van der Waals surface area contributed by atoms with Crippen molar-refractivity contribution in [2.24, 2.45) is 0 Å². The summed E-state index contributed by atoms with van der Waals surface area (Å²) in [6, 6.07) is 15.3. The van der Waals surface area contributed by atoms with Gasteiger partial charge in [0.25, 0.3) is 0 Å². The zero-order valence-electron chi connectivity index (χ0n) is 14.4. The number of benzene rings is 2. The molecule has 1 aromatic heterocycles. The maximum absolute atomic E-state index is 12.9. The van der Waals surface area contributed by atoms with E-state index >= 15 is 0 Å². The van der Waals surface area contributed by atoms with Crippen LogP contribution in [0.15, 0.2) is 55.1 Å². The van der Waals surface area contributed by atoms with Crippen molar-refractivity contribution >= 4 is 16.7 Å². The van der Waals surface area contributed by atoms with Gasteiger partial charge in [0.05, 0.1) is 12.6 Å². The van der Waals surface area contributed by atoms with Gasteiger partial charge in [0.15, 0.2) is 0 Å². The van der Waals surface area contributed by atoms with E-state index in [1.54, 1.807) is 11.0 Å². The van der Waals surface area contributed by atoms with Gasteiger partial charge < -0.3 is 4.90 Å². The highest BCUT2D eigenvalue weighted by molar-refractivity contribution is 5.83. The summed E-state index contributed by atoms with van der Waals surface area (Å²) in [7, 11) is 0. The Morgan fingerprint density at radius 3 is 2.76 bits per heavy atom. The quantitative estimate of drug-likeness (QED) is 0.692. The summed E-state index contributed by atoms with van der Waals surface area (Å²) in [6.07, 6.45) is 5.82. The largest absolute Gasteiger partial charge is 0.333 e. The molecule has 0 bridgehead atoms. The summed E-state index contributed by atoms with van der Waals surface area (Å²) < 4.78 is 1.71. The molecule has 2 aromatic carbocycles. The van der Waals surface area contributed by atoms with Crippen molar-refractivity contribution in [1.29, 1.82) is 0 Å². The molecule has 128 valence electrons. The highest BCUT2D eigenvalue weighted by Gasteiger charge is 2.35. The summed E-state index contributed by atoms with van der Waals surface area (Å²) >= 11 is 0. The molecule has 1 aliphatic rings. The van der Waals surface area contributed by atoms with E-state index in [0.29, 0.717) is 19.0 Å². The molecule has 1 saturated carbocycles. The number of hydrogen-bond acceptors (Lipinski definition) is 3. The average Bonchev–Trinajstić information content (AvgIpc) is 3.33. The maximum atomic E-state index is 12.9. The Morgan fingerprint density at radius 2 is 2.04 bits per heavy atom. The van der Waals surface area contributed by atoms with Crippen molar-refractivity contribution in [3.8, 4) is 0 Å². The van der Waals surface area contributed by atoms with E-state index < -0.39 is 0 Å². The number of rotatable bonds is 6. The zero-order valence-corrected chi connectivity index (χ0v) is 14.4. The van der Waals surface area contributed by atoms with Gasteiger partial charge in [-0.05, 0) is 42.2 Å². The van der Waals surface area contributed by atoms with Crippen molar-refractivity contribution in [3.63, 3.8) is 0 Å². The molecule has 5 nitrogen and oxygen atoms in total. The predicted molar refractivity (Wildman–Crippen MR) is 96.9 cm³/mol. The Bertz CT molecular complexity index is 870. The van der Waals surface area contributed by atoms with Gasteiger partial charge in [-0.15, -0.1) is 0 Å². The number of nitrogens with zero attached hydrogens (tertiary/aromatic N) is 4. The van der Waals surface area contributed by atoms with Crippen LogP contribution < -0.4 is 0 Å². The lowest BCUT2D eigenvalue weighted by molar-refractivity contribution is -0.134. The van der Waals surface area contributed by atoms with Gasteiger partial charge in [0.2, 0.25) is 5.91 Å². The number of carbonyl (C=O) groups excluding carboxylic acids is 1. The number of fused-ring (bicyclic) bond motifs is 1. The SMILES string of the molecule is CC(c1ccc2ccccc2c1)N(C(=O)CCn1cncn1)C1CC1. The van der Waals surface area contributed by atoms with Crippen molar-refractivity contribution in [2.45, 2.75) is 44.8 Å². The summed E-state index contributed by atoms with van der Waals surface area (Å²) in [5.74, 6) is 0.193. The minimum absolute atomic E-state index is 0.0837. The minimum atomic E-state index is 0.0837. The zero-order chi connectivity index (χ0) is 17.2. The number of amides is 1. The molecule has 1 fully saturated rings. The molecule has 1 amide bonds. The van der Waals surface area contributed by atoms with Crippen LogP contribution in [0.5, 0.6) is 0 Å². The first-order chi connectivity index (χ1) is 12.2. The molecule has 1 aliphatic carbocycles. The van der Waals surface area contributed by atoms with Crippen LogP contribution in [0.4, 0.5) is 0 Å². The summed E-state index contributed by atoms with van der Waals surface area (Å²) in [5, 5.41) is 6.53. The number of carbonyl (C=O) groups is 1. The lowest BCUT2D eigenvalue weighted by Gasteiger charge is -2.30. The first-order valence-electron chi connectivity index (χ1n) is 8.84. The number of aromatic nitrogens is 3. The highest BCUT2D eigenvalue weighted by atomic mass is 16.2. The normalized spacial score (nSPS) is 15.2. The summed E-state index contributed by atoms with van der Waals surface area (Å²) in [5.41, 5.74) is 1.19. The van der Waals surface area contributed by atoms with Crippen molar-refractivity contribution in [3.05, 3.63) is 60.7 Å². The Balaban J connectivity index is 1.53. The van der Waals surface area contributed by atoms with Gasteiger partial charge in [-0.25, -0.2) is 4.98 Å². The molecule has 1 atom stereocenters. The van der Waals surface area contributed by atoms with Crippen LogP contribution in [0, 0.1) is 0 Å². The molecule has 25 heavy (non-hydrogen) atoms. The molecule has 1 unspecified atom stereocenters. The fourth-order valence-electron chi connectivity index (χ4n) is 3.40. The smallest absolute Gasteiger partial charge is 0.225 e. The third-order valence-corrected chi connectivity index (χ3v) is 4.92. The Kier molecular flexibility index (Phi) is 4.22. The Labute approximate surface area is 147 Å². The van der Waals surface area contributed by atoms with Crippen molar-refractivity contribution < 1.29 is 4.79 Å². The molecule has 0 saturated heterocycles. The van der Waals surface area contributed by atoms with Crippen LogP contribution in [0.3, 0.4) is 0 Å². The molecule has 0 spiro atoms. The summed E-state index contributed by atoms with van der Waals surface area (Å²) in [4.78, 5) is 18.9. The standard InChI is InChI=1S/C20H22N4O/c1-15(17-7-6-16-4-2-3-5-18(16)12-17)24(19-8-9-19)20(25)10-11-23-14-21-13-22-23/h2-7,12-15,19H,8-11H2,1H3. The second-order valence-corrected chi connectivity index (χ2v) is 6.72. The third-order valence-electron chi connectivity index (χ3n) is 4.92. The van der Waals surface area contributed by atoms with E-state index in [1.807, 2.05) is 0 Å². The third kappa shape index (κ3) is 3.40. The predicted octanol–water partition coefficient (Wildman–Crippen LogP) is 3.57. The van der Waals surface area contributed by atoms with Crippen LogP contribution >= 0.6 is 0 Å². The second kappa shape index (κ2) is 6.67. The molecule has 1 heterocycles. The van der Waals surface area contributed by atoms with Gasteiger partial charge in [-0.1, -0.05) is 36.4 Å². The van der Waals surface area contributed by atoms with E-state index in [2.05, 4.69) is 64.4 Å². The van der Waals surface area contributed by atoms with Crippen molar-refractivity contribution in [1.82, 2.24) is 19.7 Å². The summed E-state index contributed by atoms with van der Waals surface area (Å²) in [6.45, 7) is 2.71. The van der Waals surface area contributed by atoms with E-state index in [9.17, 15) is 4.79 Å². The van der Waals surface area contributed by atoms with Gasteiger partial charge in [0, 0.05) is 12.5 Å². The van der Waals surface area contributed by atoms with E-state index in [1.165, 1.54) is 22.7 Å². The van der Waals surface area contributed by atoms with E-state index in [-0.39, 0.29) is 11.9 Å². The van der Waals surface area contributed by atoms with Gasteiger partial charge in [0.1, 0.15) is 12.7 Å². The molecule has 4 rings (SSSR count). The monoisotopic (exact) mass is 334 g/mol. The van der Waals surface area contributed by atoms with Crippen LogP contribution in [-0.4, -0.2) is 31.6 Å². The topological polar surface area (TPSA) is 51.0 Å². The fraction of sp³-hybridized carbons (Fsp3) is 0.350. The molecule has 3 aromatic rings. The molecular formula is C20H22N4O. The Morgan fingerprint density at radius 1 is 1.24 bits per heavy atom. The van der Waals surface area contributed by atoms with Gasteiger partial charge in [-0.2, -0.15) is 5.10 Å². The lowest BCUT2D eigenvalue weighted by atomic mass is 10.0. The van der Waals surface area contributed by atoms with E-state index in [0.717, 1.165) is 12.8 Å². The van der Waals surface area contributed by atoms with E-state index in [4.69, 9.17) is 0 Å². The van der Waals surface area contributed by atoms with Crippen LogP contribution in [-0.2, 0) is 11.3 Å². The molecular weight excluding hydrogens is 312 g/mol. The first-order valence-corrected chi connectivity index (χ1v) is 8.84. The highest BCUT2D eigenvalue weighted by Crippen LogP contribution is 2.35. The second-order valence-electron chi connectivity index (χ2n) is 6.72. The maximum Gasteiger partial charge on any atom is 0.225 e. The van der Waals surface area contributed by atoms with Crippen LogP contribution in [0.1, 0.15) is 37.8 Å². The number of hydrogen-bond donors (Lipinski definition) is 0. The van der Waals surface area contributed by atoms with Crippen LogP contribution in [0.25, 0.3) is 10.8 Å². The molecule has 0 aliphatic heterocycles. The minimum Gasteiger partial charge on any atom is -0.333 e. The Hall–Kier alpha value is -2.69. The van der Waals surface area contributed by atoms with Crippen LogP contribution in [0.2, 0.25) is 0 Å². The lowest BCUT2D eigenvalue weighted by Crippen LogP contribution is -2.36. The fourth-order valence-corrected chi connectivity index (χ4v) is 3.40. The van der Waals surface area contributed by atoms with Gasteiger partial charge >= 0.3 is 0 Å².